The molecule has 1 amide bonds. The second-order valence-electron chi connectivity index (χ2n) is 7.26. The second-order valence-corrected chi connectivity index (χ2v) is 7.26. The molecule has 0 saturated heterocycles. The summed E-state index contributed by atoms with van der Waals surface area (Å²) in [6.07, 6.45) is 3.91. The molecule has 2 aromatic carbocycles. The van der Waals surface area contributed by atoms with Crippen LogP contribution in [-0.2, 0) is 17.8 Å². The second kappa shape index (κ2) is 9.92. The minimum atomic E-state index is -0.0661. The fourth-order valence-corrected chi connectivity index (χ4v) is 3.43. The molecule has 1 N–H and O–H groups in total. The van der Waals surface area contributed by atoms with E-state index in [4.69, 9.17) is 9.72 Å². The molecule has 0 fully saturated rings. The normalized spacial score (nSPS) is 10.8. The number of carbonyl (C=O) groups excluding carboxylic acids is 1. The van der Waals surface area contributed by atoms with Crippen molar-refractivity contribution in [2.24, 2.45) is 0 Å². The summed E-state index contributed by atoms with van der Waals surface area (Å²) in [5.41, 5.74) is 3.85. The van der Waals surface area contributed by atoms with E-state index < -0.39 is 0 Å². The summed E-state index contributed by atoms with van der Waals surface area (Å²) in [7, 11) is 1.71. The number of fused-ring (bicyclic) bond motifs is 1. The van der Waals surface area contributed by atoms with Crippen LogP contribution in [0.5, 0.6) is 5.75 Å². The zero-order chi connectivity index (χ0) is 20.6. The molecule has 0 aliphatic rings. The van der Waals surface area contributed by atoms with Crippen LogP contribution in [0.15, 0.2) is 60.7 Å². The van der Waals surface area contributed by atoms with E-state index in [1.807, 2.05) is 24.3 Å². The van der Waals surface area contributed by atoms with Crippen LogP contribution >= 0.6 is 0 Å². The van der Waals surface area contributed by atoms with Gasteiger partial charge in [-0.2, -0.15) is 0 Å². The number of rotatable bonds is 10. The van der Waals surface area contributed by atoms with Crippen LogP contribution in [0.4, 0.5) is 0 Å². The van der Waals surface area contributed by atoms with Gasteiger partial charge in [0.1, 0.15) is 11.6 Å². The molecule has 29 heavy (non-hydrogen) atoms. The van der Waals surface area contributed by atoms with Gasteiger partial charge >= 0.3 is 0 Å². The number of nitrogens with zero attached hydrogens (tertiary/aromatic N) is 2. The molecule has 3 rings (SSSR count). The van der Waals surface area contributed by atoms with E-state index in [9.17, 15) is 4.79 Å². The lowest BCUT2D eigenvalue weighted by Gasteiger charge is -2.12. The Morgan fingerprint density at radius 1 is 1.10 bits per heavy atom. The van der Waals surface area contributed by atoms with Gasteiger partial charge in [0.05, 0.1) is 24.7 Å². The maximum Gasteiger partial charge on any atom is 0.246 e. The number of hydrogen-bond acceptors (Lipinski definition) is 3. The highest BCUT2D eigenvalue weighted by Gasteiger charge is 2.12. The van der Waals surface area contributed by atoms with Crippen molar-refractivity contribution in [1.29, 1.82) is 0 Å². The summed E-state index contributed by atoms with van der Waals surface area (Å²) in [4.78, 5) is 16.4. The topological polar surface area (TPSA) is 56.2 Å². The molecule has 0 aliphatic heterocycles. The SMILES string of the molecule is C=C(C)C(=O)NCCCCCc1nc2ccccc2n1Cc1ccccc1OC. The zero-order valence-corrected chi connectivity index (χ0v) is 17.3. The Morgan fingerprint density at radius 3 is 2.66 bits per heavy atom. The Kier molecular flexibility index (Phi) is 7.06. The van der Waals surface area contributed by atoms with E-state index in [1.165, 1.54) is 0 Å². The van der Waals surface area contributed by atoms with E-state index in [1.54, 1.807) is 14.0 Å². The van der Waals surface area contributed by atoms with Crippen molar-refractivity contribution in [2.45, 2.75) is 39.2 Å². The molecule has 0 radical (unpaired) electrons. The Morgan fingerprint density at radius 2 is 1.86 bits per heavy atom. The van der Waals surface area contributed by atoms with E-state index in [2.05, 4.69) is 40.7 Å². The minimum absolute atomic E-state index is 0.0661. The maximum absolute atomic E-state index is 11.5. The number of ether oxygens (including phenoxy) is 1. The predicted octanol–water partition coefficient (Wildman–Crippen LogP) is 4.50. The van der Waals surface area contributed by atoms with Crippen molar-refractivity contribution in [2.75, 3.05) is 13.7 Å². The van der Waals surface area contributed by atoms with Crippen LogP contribution in [-0.4, -0.2) is 29.1 Å². The molecule has 1 aromatic heterocycles. The number of benzene rings is 2. The summed E-state index contributed by atoms with van der Waals surface area (Å²) >= 11 is 0. The van der Waals surface area contributed by atoms with Crippen LogP contribution in [0.2, 0.25) is 0 Å². The lowest BCUT2D eigenvalue weighted by Crippen LogP contribution is -2.24. The first kappa shape index (κ1) is 20.6. The standard InChI is InChI=1S/C24H29N3O2/c1-18(2)24(28)25-16-10-4-5-15-23-26-20-12-7-8-13-21(20)27(23)17-19-11-6-9-14-22(19)29-3/h6-9,11-14H,1,4-5,10,15-17H2,2-3H3,(H,25,28). The molecule has 1 heterocycles. The first-order chi connectivity index (χ1) is 14.1. The average Bonchev–Trinajstić information content (AvgIpc) is 3.08. The van der Waals surface area contributed by atoms with Gasteiger partial charge in [-0.05, 0) is 38.0 Å². The van der Waals surface area contributed by atoms with Crippen molar-refractivity contribution < 1.29 is 9.53 Å². The van der Waals surface area contributed by atoms with Gasteiger partial charge in [-0.3, -0.25) is 4.79 Å². The molecule has 152 valence electrons. The number of methoxy groups -OCH3 is 1. The quantitative estimate of drug-likeness (QED) is 0.409. The molecule has 0 bridgehead atoms. The Bertz CT molecular complexity index is 991. The van der Waals surface area contributed by atoms with Crippen LogP contribution in [0, 0.1) is 0 Å². The molecule has 0 atom stereocenters. The van der Waals surface area contributed by atoms with Gasteiger partial charge in [-0.1, -0.05) is 43.3 Å². The number of nitrogens with one attached hydrogen (secondary N) is 1. The largest absolute Gasteiger partial charge is 0.496 e. The van der Waals surface area contributed by atoms with E-state index in [-0.39, 0.29) is 5.91 Å². The van der Waals surface area contributed by atoms with Crippen LogP contribution < -0.4 is 10.1 Å². The summed E-state index contributed by atoms with van der Waals surface area (Å²) in [6, 6.07) is 16.4. The predicted molar refractivity (Wildman–Crippen MR) is 117 cm³/mol. The Balaban J connectivity index is 1.67. The van der Waals surface area contributed by atoms with E-state index in [0.29, 0.717) is 12.1 Å². The fraction of sp³-hybridized carbons (Fsp3) is 0.333. The zero-order valence-electron chi connectivity index (χ0n) is 17.3. The molecule has 3 aromatic rings. The molecule has 0 spiro atoms. The van der Waals surface area contributed by atoms with Crippen molar-refractivity contribution >= 4 is 16.9 Å². The highest BCUT2D eigenvalue weighted by atomic mass is 16.5. The van der Waals surface area contributed by atoms with Crippen LogP contribution in [0.1, 0.15) is 37.6 Å². The Labute approximate surface area is 172 Å². The highest BCUT2D eigenvalue weighted by molar-refractivity contribution is 5.92. The number of hydrogen-bond donors (Lipinski definition) is 1. The first-order valence-electron chi connectivity index (χ1n) is 10.1. The number of aromatic nitrogens is 2. The first-order valence-corrected chi connectivity index (χ1v) is 10.1. The van der Waals surface area contributed by atoms with E-state index in [0.717, 1.165) is 60.4 Å². The average molecular weight is 392 g/mol. The van der Waals surface area contributed by atoms with Gasteiger partial charge in [0.2, 0.25) is 5.91 Å². The highest BCUT2D eigenvalue weighted by Crippen LogP contribution is 2.23. The third-order valence-corrected chi connectivity index (χ3v) is 5.00. The summed E-state index contributed by atoms with van der Waals surface area (Å²) in [6.45, 7) is 6.79. The molecular weight excluding hydrogens is 362 g/mol. The van der Waals surface area contributed by atoms with Gasteiger partial charge in [0.15, 0.2) is 0 Å². The Hall–Kier alpha value is -3.08. The molecule has 5 heteroatoms. The van der Waals surface area contributed by atoms with Gasteiger partial charge in [0, 0.05) is 24.1 Å². The number of amides is 1. The number of carbonyl (C=O) groups is 1. The van der Waals surface area contributed by atoms with Crippen molar-refractivity contribution in [3.05, 3.63) is 72.1 Å². The summed E-state index contributed by atoms with van der Waals surface area (Å²) < 4.78 is 7.82. The third kappa shape index (κ3) is 5.25. The van der Waals surface area contributed by atoms with Crippen LogP contribution in [0.3, 0.4) is 0 Å². The lowest BCUT2D eigenvalue weighted by molar-refractivity contribution is -0.117. The number of aryl methyl sites for hydroxylation is 1. The third-order valence-electron chi connectivity index (χ3n) is 5.00. The van der Waals surface area contributed by atoms with Crippen LogP contribution in [0.25, 0.3) is 11.0 Å². The molecule has 0 aliphatic carbocycles. The molecular formula is C24H29N3O2. The van der Waals surface area contributed by atoms with E-state index >= 15 is 0 Å². The van der Waals surface area contributed by atoms with Crippen molar-refractivity contribution in [1.82, 2.24) is 14.9 Å². The summed E-state index contributed by atoms with van der Waals surface area (Å²) in [5, 5.41) is 2.89. The number of imidazole rings is 1. The number of para-hydroxylation sites is 3. The van der Waals surface area contributed by atoms with Gasteiger partial charge in [-0.25, -0.2) is 4.98 Å². The molecule has 0 unspecified atom stereocenters. The summed E-state index contributed by atoms with van der Waals surface area (Å²) in [5.74, 6) is 1.91. The minimum Gasteiger partial charge on any atom is -0.496 e. The van der Waals surface area contributed by atoms with Gasteiger partial charge in [0.25, 0.3) is 0 Å². The van der Waals surface area contributed by atoms with Gasteiger partial charge < -0.3 is 14.6 Å². The monoisotopic (exact) mass is 391 g/mol. The van der Waals surface area contributed by atoms with Gasteiger partial charge in [-0.15, -0.1) is 0 Å². The van der Waals surface area contributed by atoms with Crippen molar-refractivity contribution in [3.8, 4) is 5.75 Å². The number of unbranched alkanes of at least 4 members (excludes halogenated alkanes) is 2. The smallest absolute Gasteiger partial charge is 0.246 e. The van der Waals surface area contributed by atoms with Crippen molar-refractivity contribution in [3.63, 3.8) is 0 Å². The lowest BCUT2D eigenvalue weighted by atomic mass is 10.1. The maximum atomic E-state index is 11.5. The molecule has 0 saturated carbocycles. The molecule has 5 nitrogen and oxygen atoms in total. The fourth-order valence-electron chi connectivity index (χ4n) is 3.43.